The molecule has 2 N–H and O–H groups in total. The number of hydrogen-bond donors (Lipinski definition) is 2. The quantitative estimate of drug-likeness (QED) is 0.891. The summed E-state index contributed by atoms with van der Waals surface area (Å²) in [5.74, 6) is 0.215. The van der Waals surface area contributed by atoms with Crippen molar-refractivity contribution in [2.45, 2.75) is 12.8 Å². The molecule has 2 aromatic rings. The van der Waals surface area contributed by atoms with Crippen LogP contribution in [0.25, 0.3) is 0 Å². The van der Waals surface area contributed by atoms with Crippen LogP contribution in [0, 0.1) is 0 Å². The molecule has 1 aromatic carbocycles. The van der Waals surface area contributed by atoms with Gasteiger partial charge in [-0.15, -0.1) is 0 Å². The maximum absolute atomic E-state index is 12.4. The summed E-state index contributed by atoms with van der Waals surface area (Å²) >= 11 is 6.01. The van der Waals surface area contributed by atoms with Crippen LogP contribution in [-0.2, 0) is 6.42 Å². The Hall–Kier alpha value is -2.07. The van der Waals surface area contributed by atoms with Gasteiger partial charge in [0.1, 0.15) is 0 Å². The lowest BCUT2D eigenvalue weighted by Crippen LogP contribution is -2.19. The standard InChI is InChI=1S/C15H14ClN3O/c16-12-6-3-9-18-14(12)19-15(20)11-4-1-7-13-10(11)5-2-8-17-13/h1,3-4,6-7,9,17H,2,5,8H2,(H,18,19,20). The molecule has 1 aliphatic heterocycles. The van der Waals surface area contributed by atoms with Gasteiger partial charge >= 0.3 is 0 Å². The van der Waals surface area contributed by atoms with Crippen LogP contribution in [0.2, 0.25) is 5.02 Å². The molecule has 102 valence electrons. The Balaban J connectivity index is 1.90. The largest absolute Gasteiger partial charge is 0.385 e. The molecule has 20 heavy (non-hydrogen) atoms. The number of amides is 1. The van der Waals surface area contributed by atoms with Crippen LogP contribution in [-0.4, -0.2) is 17.4 Å². The van der Waals surface area contributed by atoms with E-state index in [-0.39, 0.29) is 5.91 Å². The lowest BCUT2D eigenvalue weighted by Gasteiger charge is -2.20. The van der Waals surface area contributed by atoms with E-state index >= 15 is 0 Å². The summed E-state index contributed by atoms with van der Waals surface area (Å²) in [5.41, 5.74) is 2.77. The lowest BCUT2D eigenvalue weighted by atomic mass is 9.97. The normalized spacial score (nSPS) is 13.2. The molecule has 0 fully saturated rings. The Bertz CT molecular complexity index is 657. The molecule has 0 atom stereocenters. The fourth-order valence-corrected chi connectivity index (χ4v) is 2.54. The highest BCUT2D eigenvalue weighted by Gasteiger charge is 2.18. The molecule has 1 amide bonds. The first-order valence-corrected chi connectivity index (χ1v) is 6.91. The molecule has 0 bridgehead atoms. The molecule has 4 nitrogen and oxygen atoms in total. The predicted molar refractivity (Wildman–Crippen MR) is 80.5 cm³/mol. The van der Waals surface area contributed by atoms with Crippen molar-refractivity contribution in [1.82, 2.24) is 4.98 Å². The highest BCUT2D eigenvalue weighted by Crippen LogP contribution is 2.26. The van der Waals surface area contributed by atoms with Gasteiger partial charge in [-0.05, 0) is 42.7 Å². The molecule has 1 aliphatic rings. The zero-order valence-electron chi connectivity index (χ0n) is 10.8. The van der Waals surface area contributed by atoms with Crippen molar-refractivity contribution in [3.63, 3.8) is 0 Å². The highest BCUT2D eigenvalue weighted by molar-refractivity contribution is 6.33. The molecule has 5 heteroatoms. The van der Waals surface area contributed by atoms with Gasteiger partial charge < -0.3 is 10.6 Å². The second kappa shape index (κ2) is 5.51. The second-order valence-corrected chi connectivity index (χ2v) is 5.06. The second-order valence-electron chi connectivity index (χ2n) is 4.65. The summed E-state index contributed by atoms with van der Waals surface area (Å²) in [6.45, 7) is 0.949. The number of nitrogens with zero attached hydrogens (tertiary/aromatic N) is 1. The number of nitrogens with one attached hydrogen (secondary N) is 2. The third-order valence-electron chi connectivity index (χ3n) is 3.33. The minimum atomic E-state index is -0.175. The van der Waals surface area contributed by atoms with E-state index in [0.29, 0.717) is 16.4 Å². The van der Waals surface area contributed by atoms with E-state index < -0.39 is 0 Å². The summed E-state index contributed by atoms with van der Waals surface area (Å²) in [6.07, 6.45) is 3.53. The first-order chi connectivity index (χ1) is 9.75. The smallest absolute Gasteiger partial charge is 0.257 e. The molecule has 0 saturated carbocycles. The van der Waals surface area contributed by atoms with Crippen molar-refractivity contribution in [3.8, 4) is 0 Å². The SMILES string of the molecule is O=C(Nc1ncccc1Cl)c1cccc2c1CCCN2. The molecular weight excluding hydrogens is 274 g/mol. The fraction of sp³-hybridized carbons (Fsp3) is 0.200. The van der Waals surface area contributed by atoms with Crippen molar-refractivity contribution in [2.75, 3.05) is 17.2 Å². The van der Waals surface area contributed by atoms with E-state index in [0.717, 1.165) is 30.6 Å². The van der Waals surface area contributed by atoms with Gasteiger partial charge in [0.2, 0.25) is 0 Å². The Labute approximate surface area is 122 Å². The third kappa shape index (κ3) is 2.47. The summed E-state index contributed by atoms with van der Waals surface area (Å²) in [7, 11) is 0. The molecule has 0 unspecified atom stereocenters. The number of halogens is 1. The Kier molecular flexibility index (Phi) is 3.56. The maximum atomic E-state index is 12.4. The molecule has 0 spiro atoms. The minimum Gasteiger partial charge on any atom is -0.385 e. The van der Waals surface area contributed by atoms with Gasteiger partial charge in [-0.3, -0.25) is 4.79 Å². The van der Waals surface area contributed by atoms with Crippen LogP contribution < -0.4 is 10.6 Å². The van der Waals surface area contributed by atoms with Crippen LogP contribution >= 0.6 is 11.6 Å². The summed E-state index contributed by atoms with van der Waals surface area (Å²) in [6, 6.07) is 9.14. The number of carbonyl (C=O) groups is 1. The maximum Gasteiger partial charge on any atom is 0.257 e. The van der Waals surface area contributed by atoms with Gasteiger partial charge in [-0.25, -0.2) is 4.98 Å². The van der Waals surface area contributed by atoms with E-state index in [4.69, 9.17) is 11.6 Å². The molecule has 1 aromatic heterocycles. The zero-order chi connectivity index (χ0) is 13.9. The fourth-order valence-electron chi connectivity index (χ4n) is 2.38. The minimum absolute atomic E-state index is 0.175. The molecular formula is C15H14ClN3O. The average molecular weight is 288 g/mol. The van der Waals surface area contributed by atoms with Gasteiger partial charge in [0, 0.05) is 24.0 Å². The molecule has 0 radical (unpaired) electrons. The van der Waals surface area contributed by atoms with E-state index in [1.54, 1.807) is 18.3 Å². The van der Waals surface area contributed by atoms with E-state index in [9.17, 15) is 4.79 Å². The van der Waals surface area contributed by atoms with Gasteiger partial charge in [-0.1, -0.05) is 17.7 Å². The number of aromatic nitrogens is 1. The number of anilines is 2. The number of hydrogen-bond acceptors (Lipinski definition) is 3. The first-order valence-electron chi connectivity index (χ1n) is 6.53. The summed E-state index contributed by atoms with van der Waals surface area (Å²) < 4.78 is 0. The van der Waals surface area contributed by atoms with Crippen LogP contribution in [0.1, 0.15) is 22.3 Å². The Morgan fingerprint density at radius 3 is 3.05 bits per heavy atom. The van der Waals surface area contributed by atoms with Gasteiger partial charge in [0.15, 0.2) is 5.82 Å². The Morgan fingerprint density at radius 1 is 1.30 bits per heavy atom. The molecule has 3 rings (SSSR count). The molecule has 0 aliphatic carbocycles. The van der Waals surface area contributed by atoms with Gasteiger partial charge in [0.25, 0.3) is 5.91 Å². The van der Waals surface area contributed by atoms with Crippen molar-refractivity contribution < 1.29 is 4.79 Å². The van der Waals surface area contributed by atoms with Crippen molar-refractivity contribution in [2.24, 2.45) is 0 Å². The van der Waals surface area contributed by atoms with Crippen molar-refractivity contribution in [1.29, 1.82) is 0 Å². The number of pyridine rings is 1. The summed E-state index contributed by atoms with van der Waals surface area (Å²) in [4.78, 5) is 16.5. The van der Waals surface area contributed by atoms with Gasteiger partial charge in [0.05, 0.1) is 5.02 Å². The van der Waals surface area contributed by atoms with E-state index in [2.05, 4.69) is 15.6 Å². The zero-order valence-corrected chi connectivity index (χ0v) is 11.6. The van der Waals surface area contributed by atoms with Crippen LogP contribution in [0.15, 0.2) is 36.5 Å². The number of benzene rings is 1. The average Bonchev–Trinajstić information content (AvgIpc) is 2.49. The predicted octanol–water partition coefficient (Wildman–Crippen LogP) is 3.35. The van der Waals surface area contributed by atoms with E-state index in [1.165, 1.54) is 0 Å². The van der Waals surface area contributed by atoms with E-state index in [1.807, 2.05) is 18.2 Å². The molecule has 2 heterocycles. The van der Waals surface area contributed by atoms with Crippen LogP contribution in [0.5, 0.6) is 0 Å². The Morgan fingerprint density at radius 2 is 2.20 bits per heavy atom. The van der Waals surface area contributed by atoms with Crippen LogP contribution in [0.3, 0.4) is 0 Å². The monoisotopic (exact) mass is 287 g/mol. The number of fused-ring (bicyclic) bond motifs is 1. The van der Waals surface area contributed by atoms with Crippen LogP contribution in [0.4, 0.5) is 11.5 Å². The topological polar surface area (TPSA) is 54.0 Å². The number of rotatable bonds is 2. The third-order valence-corrected chi connectivity index (χ3v) is 3.64. The summed E-state index contributed by atoms with van der Waals surface area (Å²) in [5, 5.41) is 6.51. The highest BCUT2D eigenvalue weighted by atomic mass is 35.5. The first kappa shape index (κ1) is 12.9. The van der Waals surface area contributed by atoms with Gasteiger partial charge in [-0.2, -0.15) is 0 Å². The van der Waals surface area contributed by atoms with Crippen molar-refractivity contribution in [3.05, 3.63) is 52.7 Å². The lowest BCUT2D eigenvalue weighted by molar-refractivity contribution is 0.102. The van der Waals surface area contributed by atoms with Crippen molar-refractivity contribution >= 4 is 29.0 Å². The number of carbonyl (C=O) groups excluding carboxylic acids is 1. The molecule has 0 saturated heterocycles.